The van der Waals surface area contributed by atoms with E-state index < -0.39 is 10.8 Å². The van der Waals surface area contributed by atoms with E-state index in [-0.39, 0.29) is 29.5 Å². The van der Waals surface area contributed by atoms with E-state index in [1.807, 2.05) is 0 Å². The molecule has 0 spiro atoms. The van der Waals surface area contributed by atoms with Gasteiger partial charge < -0.3 is 14.2 Å². The maximum atomic E-state index is 13.5. The minimum absolute atomic E-state index is 0.0402. The zero-order valence-corrected chi connectivity index (χ0v) is 19.5. The molecule has 0 aromatic heterocycles. The van der Waals surface area contributed by atoms with Crippen molar-refractivity contribution < 1.29 is 28.7 Å². The number of Topliss-reactive ketones (excluding diaryl/α,β-unsaturated/α-hetero) is 1. The first kappa shape index (κ1) is 23.3. The molecule has 0 radical (unpaired) electrons. The van der Waals surface area contributed by atoms with Crippen molar-refractivity contribution in [2.75, 3.05) is 26.2 Å². The summed E-state index contributed by atoms with van der Waals surface area (Å²) in [6, 6.07) is 8.14. The molecule has 9 heteroatoms. The number of methoxy groups -OCH3 is 3. The van der Waals surface area contributed by atoms with Crippen LogP contribution in [0.1, 0.15) is 42.7 Å². The van der Waals surface area contributed by atoms with Gasteiger partial charge in [0.05, 0.1) is 26.3 Å². The molecule has 1 amide bonds. The van der Waals surface area contributed by atoms with Gasteiger partial charge in [0, 0.05) is 47.7 Å². The molecule has 1 heterocycles. The fraction of sp³-hybridized carbons (Fsp3) is 0.360. The molecule has 2 aromatic carbocycles. The van der Waals surface area contributed by atoms with Crippen molar-refractivity contribution in [3.63, 3.8) is 0 Å². The molecule has 4 rings (SSSR count). The van der Waals surface area contributed by atoms with Gasteiger partial charge >= 0.3 is 0 Å². The Kier molecular flexibility index (Phi) is 6.28. The highest BCUT2D eigenvalue weighted by Gasteiger charge is 2.42. The number of allylic oxidation sites excluding steroid dienone is 2. The number of amides is 1. The monoisotopic (exact) mass is 466 g/mol. The average molecular weight is 466 g/mol. The summed E-state index contributed by atoms with van der Waals surface area (Å²) in [4.78, 5) is 39.4. The van der Waals surface area contributed by atoms with E-state index in [0.717, 1.165) is 0 Å². The van der Waals surface area contributed by atoms with Crippen LogP contribution >= 0.6 is 0 Å². The van der Waals surface area contributed by atoms with Crippen LogP contribution < -0.4 is 19.1 Å². The molecule has 1 atom stereocenters. The summed E-state index contributed by atoms with van der Waals surface area (Å²) in [6.45, 7) is 1.75. The quantitative estimate of drug-likeness (QED) is 0.457. The minimum Gasteiger partial charge on any atom is -0.496 e. The van der Waals surface area contributed by atoms with Gasteiger partial charge in [0.25, 0.3) is 5.69 Å². The van der Waals surface area contributed by atoms with Crippen LogP contribution in [0.2, 0.25) is 0 Å². The minimum atomic E-state index is -0.564. The molecule has 1 aliphatic heterocycles. The Balaban J connectivity index is 1.94. The lowest BCUT2D eigenvalue weighted by Gasteiger charge is -2.38. The number of benzene rings is 2. The molecule has 2 aromatic rings. The first-order chi connectivity index (χ1) is 16.3. The number of anilines is 1. The van der Waals surface area contributed by atoms with E-state index in [4.69, 9.17) is 14.2 Å². The van der Waals surface area contributed by atoms with Crippen molar-refractivity contribution in [1.29, 1.82) is 0 Å². The van der Waals surface area contributed by atoms with E-state index in [9.17, 15) is 19.7 Å². The van der Waals surface area contributed by atoms with E-state index in [0.29, 0.717) is 58.9 Å². The van der Waals surface area contributed by atoms with E-state index in [1.165, 1.54) is 32.3 Å². The number of nitro benzene ring substituents is 1. The SMILES string of the molecule is COc1cc(OC)c(C2CC(=O)N(c3ccc(C)cc3[N+](=O)[O-])C3=C2C(=O)CCC3)cc1OC. The first-order valence-corrected chi connectivity index (χ1v) is 10.9. The molecule has 0 N–H and O–H groups in total. The van der Waals surface area contributed by atoms with Crippen molar-refractivity contribution in [2.24, 2.45) is 0 Å². The van der Waals surface area contributed by atoms with Crippen LogP contribution in [-0.2, 0) is 9.59 Å². The lowest BCUT2D eigenvalue weighted by atomic mass is 9.76. The van der Waals surface area contributed by atoms with Crippen molar-refractivity contribution in [3.8, 4) is 17.2 Å². The third kappa shape index (κ3) is 3.87. The predicted octanol–water partition coefficient (Wildman–Crippen LogP) is 4.46. The second-order valence-corrected chi connectivity index (χ2v) is 8.32. The van der Waals surface area contributed by atoms with Crippen LogP contribution in [0.25, 0.3) is 0 Å². The van der Waals surface area contributed by atoms with Crippen molar-refractivity contribution in [1.82, 2.24) is 0 Å². The van der Waals surface area contributed by atoms with Crippen molar-refractivity contribution in [2.45, 2.75) is 38.5 Å². The number of carbonyl (C=O) groups is 2. The number of hydrogen-bond acceptors (Lipinski definition) is 7. The summed E-state index contributed by atoms with van der Waals surface area (Å²) in [7, 11) is 4.53. The van der Waals surface area contributed by atoms with Crippen LogP contribution in [0.5, 0.6) is 17.2 Å². The number of aryl methyl sites for hydroxylation is 1. The first-order valence-electron chi connectivity index (χ1n) is 10.9. The largest absolute Gasteiger partial charge is 0.496 e. The highest BCUT2D eigenvalue weighted by Crippen LogP contribution is 2.49. The Morgan fingerprint density at radius 3 is 2.29 bits per heavy atom. The number of rotatable bonds is 6. The molecular weight excluding hydrogens is 440 g/mol. The molecule has 0 saturated carbocycles. The maximum absolute atomic E-state index is 13.5. The molecule has 34 heavy (non-hydrogen) atoms. The highest BCUT2D eigenvalue weighted by molar-refractivity contribution is 6.08. The second-order valence-electron chi connectivity index (χ2n) is 8.32. The number of nitro groups is 1. The predicted molar refractivity (Wildman–Crippen MR) is 125 cm³/mol. The molecular formula is C25H26N2O7. The van der Waals surface area contributed by atoms with Gasteiger partial charge in [-0.25, -0.2) is 0 Å². The van der Waals surface area contributed by atoms with E-state index in [2.05, 4.69) is 0 Å². The Morgan fingerprint density at radius 2 is 1.65 bits per heavy atom. The second kappa shape index (κ2) is 9.17. The van der Waals surface area contributed by atoms with Gasteiger partial charge in [-0.3, -0.25) is 24.6 Å². The maximum Gasteiger partial charge on any atom is 0.293 e. The van der Waals surface area contributed by atoms with Crippen LogP contribution in [0.15, 0.2) is 41.6 Å². The van der Waals surface area contributed by atoms with Gasteiger partial charge in [0.1, 0.15) is 11.4 Å². The zero-order valence-electron chi connectivity index (χ0n) is 19.5. The molecule has 0 fully saturated rings. The number of nitrogens with zero attached hydrogens (tertiary/aromatic N) is 2. The Morgan fingerprint density at radius 1 is 0.971 bits per heavy atom. The fourth-order valence-electron chi connectivity index (χ4n) is 4.83. The Hall–Kier alpha value is -3.88. The Labute approximate surface area is 197 Å². The molecule has 0 bridgehead atoms. The van der Waals surface area contributed by atoms with E-state index >= 15 is 0 Å². The number of ketones is 1. The summed E-state index contributed by atoms with van der Waals surface area (Å²) in [5.41, 5.74) is 2.37. The number of ether oxygens (including phenoxy) is 3. The summed E-state index contributed by atoms with van der Waals surface area (Å²) in [5.74, 6) is 0.429. The van der Waals surface area contributed by atoms with Gasteiger partial charge in [-0.1, -0.05) is 6.07 Å². The van der Waals surface area contributed by atoms with Crippen molar-refractivity contribution >= 4 is 23.1 Å². The normalized spacial score (nSPS) is 18.0. The van der Waals surface area contributed by atoms with Crippen LogP contribution in [-0.4, -0.2) is 37.9 Å². The fourth-order valence-corrected chi connectivity index (χ4v) is 4.83. The topological polar surface area (TPSA) is 108 Å². The van der Waals surface area contributed by atoms with E-state index in [1.54, 1.807) is 31.2 Å². The number of hydrogen-bond donors (Lipinski definition) is 0. The van der Waals surface area contributed by atoms with Crippen LogP contribution in [0.4, 0.5) is 11.4 Å². The Bertz CT molecular complexity index is 1220. The standard InChI is InChI=1S/C25H26N2O7/c1-14-8-9-17(19(10-14)27(30)31)26-18-6-5-7-20(28)25(18)16(12-24(26)29)15-11-22(33-3)23(34-4)13-21(15)32-2/h8-11,13,16H,5-7,12H2,1-4H3. The molecule has 1 aliphatic carbocycles. The third-order valence-corrected chi connectivity index (χ3v) is 6.36. The molecule has 178 valence electrons. The summed E-state index contributed by atoms with van der Waals surface area (Å²) in [5, 5.41) is 11.8. The van der Waals surface area contributed by atoms with Gasteiger partial charge in [-0.05, 0) is 37.5 Å². The summed E-state index contributed by atoms with van der Waals surface area (Å²) < 4.78 is 16.4. The highest BCUT2D eigenvalue weighted by atomic mass is 16.6. The van der Waals surface area contributed by atoms with Gasteiger partial charge in [0.15, 0.2) is 17.3 Å². The molecule has 2 aliphatic rings. The average Bonchev–Trinajstić information content (AvgIpc) is 2.83. The van der Waals surface area contributed by atoms with Gasteiger partial charge in [-0.15, -0.1) is 0 Å². The van der Waals surface area contributed by atoms with Crippen LogP contribution in [0, 0.1) is 17.0 Å². The molecule has 9 nitrogen and oxygen atoms in total. The lowest BCUT2D eigenvalue weighted by Crippen LogP contribution is -2.41. The van der Waals surface area contributed by atoms with Gasteiger partial charge in [-0.2, -0.15) is 0 Å². The molecule has 1 unspecified atom stereocenters. The smallest absolute Gasteiger partial charge is 0.293 e. The zero-order chi connectivity index (χ0) is 24.6. The molecule has 0 saturated heterocycles. The summed E-state index contributed by atoms with van der Waals surface area (Å²) >= 11 is 0. The third-order valence-electron chi connectivity index (χ3n) is 6.36. The number of carbonyl (C=O) groups excluding carboxylic acids is 2. The van der Waals surface area contributed by atoms with Crippen molar-refractivity contribution in [3.05, 3.63) is 62.8 Å². The summed E-state index contributed by atoms with van der Waals surface area (Å²) in [6.07, 6.45) is 1.34. The van der Waals surface area contributed by atoms with Crippen LogP contribution in [0.3, 0.4) is 0 Å². The van der Waals surface area contributed by atoms with Gasteiger partial charge in [0.2, 0.25) is 5.91 Å². The lowest BCUT2D eigenvalue weighted by molar-refractivity contribution is -0.384.